The van der Waals surface area contributed by atoms with Gasteiger partial charge in [0.2, 0.25) is 0 Å². The van der Waals surface area contributed by atoms with Crippen LogP contribution in [0.15, 0.2) is 12.7 Å². The predicted molar refractivity (Wildman–Crippen MR) is 49.5 cm³/mol. The molecule has 0 aromatic carbocycles. The van der Waals surface area contributed by atoms with Gasteiger partial charge in [-0.05, 0) is 0 Å². The van der Waals surface area contributed by atoms with Crippen molar-refractivity contribution in [1.82, 2.24) is 0 Å². The van der Waals surface area contributed by atoms with Crippen LogP contribution in [0, 0.1) is 0 Å². The van der Waals surface area contributed by atoms with Crippen molar-refractivity contribution in [2.75, 3.05) is 0 Å². The number of carbonyl (C=O) groups is 5. The maximum atomic E-state index is 10.7. The Morgan fingerprint density at radius 3 is 1.56 bits per heavy atom. The van der Waals surface area contributed by atoms with Gasteiger partial charge in [-0.2, -0.15) is 0 Å². The molecule has 0 unspecified atom stereocenters. The molecule has 11 heteroatoms. The average Bonchev–Trinajstić information content (AvgIpc) is 2.27. The van der Waals surface area contributed by atoms with Crippen LogP contribution in [0.2, 0.25) is 0 Å². The number of hydrogen-bond acceptors (Lipinski definition) is 8. The molecule has 0 aliphatic rings. The van der Waals surface area contributed by atoms with Gasteiger partial charge in [-0.3, -0.25) is 0 Å². The van der Waals surface area contributed by atoms with Gasteiger partial charge in [0.25, 0.3) is 0 Å². The number of rotatable bonds is 4. The molecule has 0 bridgehead atoms. The molecule has 2 N–H and O–H groups in total. The molecule has 0 amide bonds. The number of carboxylic acids is 2. The maximum Gasteiger partial charge on any atom is 0.871 e. The SMILES string of the molecule is C=CC(=O)OB(OC(=O)C(=O)O)OC(=O)C(=O)O. The second kappa shape index (κ2) is 6.68. The Morgan fingerprint density at radius 1 is 0.889 bits per heavy atom. The monoisotopic (exact) mass is 260 g/mol. The molecule has 18 heavy (non-hydrogen) atoms. The van der Waals surface area contributed by atoms with Crippen molar-refractivity contribution in [3.8, 4) is 0 Å². The quantitative estimate of drug-likeness (QED) is 0.328. The number of carbonyl (C=O) groups excluding carboxylic acids is 3. The lowest BCUT2D eigenvalue weighted by Gasteiger charge is -2.09. The summed E-state index contributed by atoms with van der Waals surface area (Å²) in [5.74, 6) is -9.22. The predicted octanol–water partition coefficient (Wildman–Crippen LogP) is -2.04. The van der Waals surface area contributed by atoms with E-state index >= 15 is 0 Å². The summed E-state index contributed by atoms with van der Waals surface area (Å²) in [7, 11) is -2.44. The molecular weight excluding hydrogens is 255 g/mol. The summed E-state index contributed by atoms with van der Waals surface area (Å²) < 4.78 is 11.8. The summed E-state index contributed by atoms with van der Waals surface area (Å²) in [6.07, 6.45) is 0.580. The second-order valence-corrected chi connectivity index (χ2v) is 2.35. The summed E-state index contributed by atoms with van der Waals surface area (Å²) in [4.78, 5) is 52.1. The third-order valence-electron chi connectivity index (χ3n) is 1.13. The largest absolute Gasteiger partial charge is 0.871 e. The van der Waals surface area contributed by atoms with Crippen LogP contribution in [0.3, 0.4) is 0 Å². The van der Waals surface area contributed by atoms with Gasteiger partial charge in [0.15, 0.2) is 0 Å². The molecule has 0 saturated heterocycles. The Morgan fingerprint density at radius 2 is 1.28 bits per heavy atom. The van der Waals surface area contributed by atoms with Gasteiger partial charge in [0.1, 0.15) is 0 Å². The number of hydrogen-bond donors (Lipinski definition) is 2. The third kappa shape index (κ3) is 5.30. The summed E-state index contributed by atoms with van der Waals surface area (Å²) in [5.41, 5.74) is 0. The lowest BCUT2D eigenvalue weighted by molar-refractivity contribution is -0.165. The highest BCUT2D eigenvalue weighted by Crippen LogP contribution is 1.97. The van der Waals surface area contributed by atoms with Crippen molar-refractivity contribution in [2.24, 2.45) is 0 Å². The van der Waals surface area contributed by atoms with Crippen molar-refractivity contribution >= 4 is 37.2 Å². The van der Waals surface area contributed by atoms with E-state index in [1.807, 2.05) is 0 Å². The van der Waals surface area contributed by atoms with Crippen LogP contribution >= 0.6 is 0 Å². The summed E-state index contributed by atoms with van der Waals surface area (Å²) in [6, 6.07) is 0. The first-order chi connectivity index (χ1) is 8.27. The van der Waals surface area contributed by atoms with Crippen LogP contribution in [0.4, 0.5) is 0 Å². The fraction of sp³-hybridized carbons (Fsp3) is 0. The first-order valence-electron chi connectivity index (χ1n) is 3.98. The molecule has 0 aliphatic heterocycles. The second-order valence-electron chi connectivity index (χ2n) is 2.35. The number of aliphatic carboxylic acids is 2. The molecule has 0 aromatic heterocycles. The molecule has 10 nitrogen and oxygen atoms in total. The molecule has 0 heterocycles. The Labute approximate surface area is 98.9 Å². The van der Waals surface area contributed by atoms with E-state index in [2.05, 4.69) is 20.5 Å². The first-order valence-corrected chi connectivity index (χ1v) is 3.98. The van der Waals surface area contributed by atoms with E-state index in [-0.39, 0.29) is 0 Å². The van der Waals surface area contributed by atoms with Crippen molar-refractivity contribution in [2.45, 2.75) is 0 Å². The average molecular weight is 260 g/mol. The molecule has 0 saturated carbocycles. The van der Waals surface area contributed by atoms with Crippen LogP contribution in [0.5, 0.6) is 0 Å². The van der Waals surface area contributed by atoms with E-state index in [9.17, 15) is 24.0 Å². The molecule has 0 rings (SSSR count). The Hall–Kier alpha value is -2.85. The van der Waals surface area contributed by atoms with Gasteiger partial charge >= 0.3 is 37.2 Å². The zero-order valence-corrected chi connectivity index (χ0v) is 8.52. The van der Waals surface area contributed by atoms with Gasteiger partial charge in [-0.25, -0.2) is 24.0 Å². The highest BCUT2D eigenvalue weighted by molar-refractivity contribution is 6.51. The minimum absolute atomic E-state index is 0.580. The summed E-state index contributed by atoms with van der Waals surface area (Å²) in [6.45, 7) is 2.95. The third-order valence-corrected chi connectivity index (χ3v) is 1.13. The highest BCUT2D eigenvalue weighted by atomic mass is 16.8. The zero-order valence-electron chi connectivity index (χ0n) is 8.52. The molecule has 96 valence electrons. The number of carboxylic acid groups (broad SMARTS) is 2. The van der Waals surface area contributed by atoms with E-state index in [1.165, 1.54) is 0 Å². The normalized spacial score (nSPS) is 8.67. The van der Waals surface area contributed by atoms with E-state index in [0.717, 1.165) is 0 Å². The summed E-state index contributed by atoms with van der Waals surface area (Å²) >= 11 is 0. The van der Waals surface area contributed by atoms with Crippen LogP contribution in [0.25, 0.3) is 0 Å². The molecule has 0 fully saturated rings. The lowest BCUT2D eigenvalue weighted by Crippen LogP contribution is -2.38. The van der Waals surface area contributed by atoms with Crippen LogP contribution < -0.4 is 0 Å². The van der Waals surface area contributed by atoms with Gasteiger partial charge < -0.3 is 24.2 Å². The Balaban J connectivity index is 4.71. The van der Waals surface area contributed by atoms with E-state index in [4.69, 9.17) is 10.2 Å². The van der Waals surface area contributed by atoms with Gasteiger partial charge in [-0.15, -0.1) is 0 Å². The molecule has 0 spiro atoms. The Bertz CT molecular complexity index is 384. The van der Waals surface area contributed by atoms with Crippen LogP contribution in [0.1, 0.15) is 0 Å². The van der Waals surface area contributed by atoms with Gasteiger partial charge in [0, 0.05) is 6.08 Å². The Kier molecular flexibility index (Phi) is 5.62. The van der Waals surface area contributed by atoms with Gasteiger partial charge in [0.05, 0.1) is 0 Å². The van der Waals surface area contributed by atoms with Crippen LogP contribution in [-0.4, -0.2) is 47.4 Å². The van der Waals surface area contributed by atoms with Crippen LogP contribution in [-0.2, 0) is 37.9 Å². The summed E-state index contributed by atoms with van der Waals surface area (Å²) in [5, 5.41) is 16.3. The van der Waals surface area contributed by atoms with E-state index in [0.29, 0.717) is 6.08 Å². The fourth-order valence-electron chi connectivity index (χ4n) is 0.491. The van der Waals surface area contributed by atoms with E-state index < -0.39 is 37.2 Å². The molecule has 0 aromatic rings. The standard InChI is InChI=1S/C7H5BO10/c1-2-3(9)16-8(17-6(14)4(10)11)18-7(15)5(12)13/h2H,1H2,(H,10,11)(H,12,13). The van der Waals surface area contributed by atoms with Crippen molar-refractivity contribution < 1.29 is 48.1 Å². The minimum Gasteiger partial charge on any atom is -0.473 e. The fourth-order valence-corrected chi connectivity index (χ4v) is 0.491. The molecule has 0 radical (unpaired) electrons. The minimum atomic E-state index is -2.44. The zero-order chi connectivity index (χ0) is 14.3. The molecule has 0 aliphatic carbocycles. The lowest BCUT2D eigenvalue weighted by atomic mass is 10.2. The van der Waals surface area contributed by atoms with Crippen molar-refractivity contribution in [3.05, 3.63) is 12.7 Å². The first kappa shape index (κ1) is 15.2. The smallest absolute Gasteiger partial charge is 0.473 e. The highest BCUT2D eigenvalue weighted by Gasteiger charge is 2.39. The van der Waals surface area contributed by atoms with Crippen molar-refractivity contribution in [3.63, 3.8) is 0 Å². The van der Waals surface area contributed by atoms with Gasteiger partial charge in [-0.1, -0.05) is 6.58 Å². The topological polar surface area (TPSA) is 154 Å². The van der Waals surface area contributed by atoms with Crippen molar-refractivity contribution in [1.29, 1.82) is 0 Å². The molecular formula is C7H5BO10. The maximum absolute atomic E-state index is 10.7. The van der Waals surface area contributed by atoms with E-state index in [1.54, 1.807) is 0 Å². The molecule has 0 atom stereocenters.